The second-order valence-corrected chi connectivity index (χ2v) is 9.96. The van der Waals surface area contributed by atoms with Crippen LogP contribution in [0.1, 0.15) is 48.4 Å². The zero-order valence-corrected chi connectivity index (χ0v) is 17.1. The SMILES string of the molecule is Cc1cc(CCCP(C)(=O)O)cc(C)c1Oc1ccc(O)c(C(C)C)c1. The van der Waals surface area contributed by atoms with E-state index < -0.39 is 7.37 Å². The molecular weight excluding hydrogens is 347 g/mol. The molecule has 142 valence electrons. The van der Waals surface area contributed by atoms with E-state index in [4.69, 9.17) is 4.74 Å². The molecule has 0 amide bonds. The van der Waals surface area contributed by atoms with Gasteiger partial charge < -0.3 is 14.7 Å². The second-order valence-electron chi connectivity index (χ2n) is 7.41. The first-order valence-corrected chi connectivity index (χ1v) is 11.3. The topological polar surface area (TPSA) is 66.8 Å². The van der Waals surface area contributed by atoms with E-state index in [9.17, 15) is 14.6 Å². The van der Waals surface area contributed by atoms with E-state index in [0.717, 1.165) is 34.4 Å². The fourth-order valence-electron chi connectivity index (χ4n) is 3.10. The molecule has 2 rings (SSSR count). The van der Waals surface area contributed by atoms with Crippen LogP contribution in [-0.4, -0.2) is 22.8 Å². The Labute approximate surface area is 156 Å². The number of benzene rings is 2. The number of phenols is 1. The van der Waals surface area contributed by atoms with Crippen LogP contribution in [0.2, 0.25) is 0 Å². The Bertz CT molecular complexity index is 798. The first-order chi connectivity index (χ1) is 12.1. The molecule has 4 nitrogen and oxygen atoms in total. The maximum Gasteiger partial charge on any atom is 0.197 e. The number of rotatable bonds is 7. The Morgan fingerprint density at radius 1 is 1.12 bits per heavy atom. The molecule has 26 heavy (non-hydrogen) atoms. The lowest BCUT2D eigenvalue weighted by atomic mass is 10.0. The van der Waals surface area contributed by atoms with Gasteiger partial charge in [-0.05, 0) is 67.5 Å². The molecule has 0 saturated heterocycles. The molecule has 1 unspecified atom stereocenters. The highest BCUT2D eigenvalue weighted by Crippen LogP contribution is 2.37. The maximum atomic E-state index is 11.4. The molecule has 0 bridgehead atoms. The third kappa shape index (κ3) is 5.62. The fraction of sp³-hybridized carbons (Fsp3) is 0.429. The molecule has 2 N–H and O–H groups in total. The van der Waals surface area contributed by atoms with E-state index in [1.807, 2.05) is 33.8 Å². The van der Waals surface area contributed by atoms with Gasteiger partial charge in [-0.1, -0.05) is 26.0 Å². The fourth-order valence-corrected chi connectivity index (χ4v) is 3.84. The van der Waals surface area contributed by atoms with E-state index in [0.29, 0.717) is 18.3 Å². The van der Waals surface area contributed by atoms with E-state index in [-0.39, 0.29) is 11.7 Å². The van der Waals surface area contributed by atoms with Crippen LogP contribution in [0.5, 0.6) is 17.2 Å². The number of ether oxygens (including phenoxy) is 1. The van der Waals surface area contributed by atoms with Crippen molar-refractivity contribution < 1.29 is 19.3 Å². The molecule has 0 aliphatic rings. The molecule has 0 heterocycles. The summed E-state index contributed by atoms with van der Waals surface area (Å²) in [6.07, 6.45) is 1.81. The van der Waals surface area contributed by atoms with E-state index in [1.54, 1.807) is 12.1 Å². The summed E-state index contributed by atoms with van der Waals surface area (Å²) in [7, 11) is -2.94. The molecule has 2 aromatic carbocycles. The predicted octanol–water partition coefficient (Wildman–Crippen LogP) is 5.76. The van der Waals surface area contributed by atoms with Crippen molar-refractivity contribution in [2.45, 2.75) is 46.5 Å². The number of hydrogen-bond donors (Lipinski definition) is 2. The van der Waals surface area contributed by atoms with E-state index in [1.165, 1.54) is 6.66 Å². The van der Waals surface area contributed by atoms with Crippen molar-refractivity contribution in [3.63, 3.8) is 0 Å². The quantitative estimate of drug-likeness (QED) is 0.603. The molecule has 0 radical (unpaired) electrons. The lowest BCUT2D eigenvalue weighted by molar-refractivity contribution is 0.452. The molecule has 0 saturated carbocycles. The Kier molecular flexibility index (Phi) is 6.54. The van der Waals surface area contributed by atoms with Crippen molar-refractivity contribution in [2.24, 2.45) is 0 Å². The van der Waals surface area contributed by atoms with Gasteiger partial charge in [-0.2, -0.15) is 0 Å². The Morgan fingerprint density at radius 2 is 1.73 bits per heavy atom. The molecule has 0 fully saturated rings. The van der Waals surface area contributed by atoms with Gasteiger partial charge in [0.2, 0.25) is 0 Å². The minimum absolute atomic E-state index is 0.212. The third-order valence-corrected chi connectivity index (χ3v) is 5.55. The molecule has 5 heteroatoms. The van der Waals surface area contributed by atoms with Crippen LogP contribution in [0.15, 0.2) is 30.3 Å². The highest BCUT2D eigenvalue weighted by atomic mass is 31.2. The summed E-state index contributed by atoms with van der Waals surface area (Å²) in [5.41, 5.74) is 4.07. The largest absolute Gasteiger partial charge is 0.508 e. The minimum Gasteiger partial charge on any atom is -0.508 e. The van der Waals surface area contributed by atoms with Gasteiger partial charge in [0.25, 0.3) is 0 Å². The minimum atomic E-state index is -2.94. The Balaban J connectivity index is 2.18. The van der Waals surface area contributed by atoms with Gasteiger partial charge >= 0.3 is 0 Å². The number of phenolic OH excluding ortho intramolecular Hbond substituents is 1. The Hall–Kier alpha value is -1.77. The van der Waals surface area contributed by atoms with Crippen LogP contribution in [0.4, 0.5) is 0 Å². The van der Waals surface area contributed by atoms with Crippen LogP contribution < -0.4 is 4.74 Å². The van der Waals surface area contributed by atoms with Crippen LogP contribution in [0, 0.1) is 13.8 Å². The molecule has 0 aromatic heterocycles. The smallest absolute Gasteiger partial charge is 0.197 e. The van der Waals surface area contributed by atoms with Gasteiger partial charge in [0.05, 0.1) is 0 Å². The van der Waals surface area contributed by atoms with E-state index >= 15 is 0 Å². The van der Waals surface area contributed by atoms with Crippen LogP contribution in [0.3, 0.4) is 0 Å². The van der Waals surface area contributed by atoms with Crippen molar-refractivity contribution in [1.82, 2.24) is 0 Å². The van der Waals surface area contributed by atoms with Gasteiger partial charge in [0.1, 0.15) is 17.2 Å². The molecule has 1 atom stereocenters. The summed E-state index contributed by atoms with van der Waals surface area (Å²) in [6.45, 7) is 9.49. The lowest BCUT2D eigenvalue weighted by Crippen LogP contribution is -1.97. The monoisotopic (exact) mass is 376 g/mol. The first-order valence-electron chi connectivity index (χ1n) is 8.97. The summed E-state index contributed by atoms with van der Waals surface area (Å²) in [4.78, 5) is 9.41. The lowest BCUT2D eigenvalue weighted by Gasteiger charge is -2.16. The number of aryl methyl sites for hydroxylation is 3. The molecule has 0 aliphatic heterocycles. The van der Waals surface area contributed by atoms with Crippen molar-refractivity contribution in [2.75, 3.05) is 12.8 Å². The second kappa shape index (κ2) is 8.28. The van der Waals surface area contributed by atoms with Gasteiger partial charge in [-0.3, -0.25) is 4.57 Å². The average Bonchev–Trinajstić information content (AvgIpc) is 2.51. The van der Waals surface area contributed by atoms with Crippen molar-refractivity contribution >= 4 is 7.37 Å². The highest BCUT2D eigenvalue weighted by molar-refractivity contribution is 7.57. The zero-order chi connectivity index (χ0) is 19.5. The molecule has 0 spiro atoms. The van der Waals surface area contributed by atoms with Gasteiger partial charge in [0, 0.05) is 18.4 Å². The predicted molar refractivity (Wildman–Crippen MR) is 107 cm³/mol. The molecular formula is C21H29O4P. The summed E-state index contributed by atoms with van der Waals surface area (Å²) in [6, 6.07) is 9.47. The number of aromatic hydroxyl groups is 1. The van der Waals surface area contributed by atoms with Crippen molar-refractivity contribution in [3.8, 4) is 17.2 Å². The average molecular weight is 376 g/mol. The summed E-state index contributed by atoms with van der Waals surface area (Å²) in [5, 5.41) is 9.96. The number of hydrogen-bond acceptors (Lipinski definition) is 3. The van der Waals surface area contributed by atoms with Crippen molar-refractivity contribution in [1.29, 1.82) is 0 Å². The van der Waals surface area contributed by atoms with Crippen LogP contribution >= 0.6 is 7.37 Å². The van der Waals surface area contributed by atoms with Crippen LogP contribution in [-0.2, 0) is 11.0 Å². The highest BCUT2D eigenvalue weighted by Gasteiger charge is 2.13. The van der Waals surface area contributed by atoms with E-state index in [2.05, 4.69) is 12.1 Å². The van der Waals surface area contributed by atoms with Gasteiger partial charge in [-0.25, -0.2) is 0 Å². The summed E-state index contributed by atoms with van der Waals surface area (Å²) in [5.74, 6) is 2.02. The third-order valence-electron chi connectivity index (χ3n) is 4.40. The first kappa shape index (κ1) is 20.5. The maximum absolute atomic E-state index is 11.4. The molecule has 0 aliphatic carbocycles. The summed E-state index contributed by atoms with van der Waals surface area (Å²) >= 11 is 0. The van der Waals surface area contributed by atoms with Gasteiger partial charge in [-0.15, -0.1) is 0 Å². The van der Waals surface area contributed by atoms with Gasteiger partial charge in [0.15, 0.2) is 7.37 Å². The standard InChI is InChI=1S/C21H29O4P/c1-14(2)19-13-18(8-9-20(19)22)25-21-15(3)11-17(12-16(21)4)7-6-10-26(5,23)24/h8-9,11-14,22H,6-7,10H2,1-5H3,(H,23,24). The molecule has 2 aromatic rings. The normalized spacial score (nSPS) is 13.7. The van der Waals surface area contributed by atoms with Crippen LogP contribution in [0.25, 0.3) is 0 Å². The zero-order valence-electron chi connectivity index (χ0n) is 16.2. The Morgan fingerprint density at radius 3 is 2.27 bits per heavy atom. The summed E-state index contributed by atoms with van der Waals surface area (Å²) < 4.78 is 17.5. The van der Waals surface area contributed by atoms with Crippen molar-refractivity contribution in [3.05, 3.63) is 52.6 Å².